The molecule has 2 heterocycles. The highest BCUT2D eigenvalue weighted by Gasteiger charge is 2.24. The fourth-order valence-electron chi connectivity index (χ4n) is 3.53. The lowest BCUT2D eigenvalue weighted by atomic mass is 10.1. The molecule has 4 rings (SSSR count). The normalized spacial score (nSPS) is 18.3. The molecular formula is C20H20N2. The predicted molar refractivity (Wildman–Crippen MR) is 91.7 cm³/mol. The van der Waals surface area contributed by atoms with Gasteiger partial charge in [0.05, 0.1) is 6.04 Å². The van der Waals surface area contributed by atoms with Crippen LogP contribution in [0.25, 0.3) is 10.9 Å². The number of aromatic nitrogens is 1. The fourth-order valence-corrected chi connectivity index (χ4v) is 3.53. The van der Waals surface area contributed by atoms with Gasteiger partial charge in [0.1, 0.15) is 0 Å². The summed E-state index contributed by atoms with van der Waals surface area (Å²) >= 11 is 0. The summed E-state index contributed by atoms with van der Waals surface area (Å²) in [6.07, 6.45) is 2.08. The summed E-state index contributed by atoms with van der Waals surface area (Å²) in [5.41, 5.74) is 4.07. The van der Waals surface area contributed by atoms with Gasteiger partial charge in [-0.1, -0.05) is 54.6 Å². The molecule has 1 aliphatic rings. The standard InChI is InChI=1S/C20H20N2/c1-2-18-14-21(13-16-8-4-3-5-9-16)15-19-12-17-10-6-7-11-20(17)22(18)19/h2-12,18H,1,13-15H2/t18-/m0/s1. The Morgan fingerprint density at radius 3 is 2.64 bits per heavy atom. The molecule has 2 nitrogen and oxygen atoms in total. The molecular weight excluding hydrogens is 268 g/mol. The second-order valence-electron chi connectivity index (χ2n) is 6.02. The molecule has 1 aromatic heterocycles. The first kappa shape index (κ1) is 13.4. The average molecular weight is 288 g/mol. The minimum atomic E-state index is 0.340. The Balaban J connectivity index is 1.69. The highest BCUT2D eigenvalue weighted by Crippen LogP contribution is 2.30. The molecule has 0 unspecified atom stereocenters. The van der Waals surface area contributed by atoms with Crippen molar-refractivity contribution in [2.45, 2.75) is 19.1 Å². The monoisotopic (exact) mass is 288 g/mol. The molecule has 0 saturated carbocycles. The Morgan fingerprint density at radius 1 is 1.05 bits per heavy atom. The van der Waals surface area contributed by atoms with E-state index in [0.29, 0.717) is 6.04 Å². The van der Waals surface area contributed by atoms with Crippen molar-refractivity contribution in [2.24, 2.45) is 0 Å². The molecule has 2 aromatic carbocycles. The first-order chi connectivity index (χ1) is 10.8. The van der Waals surface area contributed by atoms with Crippen LogP contribution in [0.3, 0.4) is 0 Å². The molecule has 0 radical (unpaired) electrons. The molecule has 110 valence electrons. The number of para-hydroxylation sites is 1. The summed E-state index contributed by atoms with van der Waals surface area (Å²) in [5.74, 6) is 0. The zero-order valence-corrected chi connectivity index (χ0v) is 12.7. The van der Waals surface area contributed by atoms with Gasteiger partial charge >= 0.3 is 0 Å². The first-order valence-corrected chi connectivity index (χ1v) is 7.83. The van der Waals surface area contributed by atoms with Crippen molar-refractivity contribution in [3.63, 3.8) is 0 Å². The van der Waals surface area contributed by atoms with E-state index in [4.69, 9.17) is 0 Å². The lowest BCUT2D eigenvalue weighted by Crippen LogP contribution is -2.35. The Bertz CT molecular complexity index is 801. The van der Waals surface area contributed by atoms with E-state index in [1.807, 2.05) is 0 Å². The topological polar surface area (TPSA) is 8.17 Å². The Kier molecular flexibility index (Phi) is 3.32. The van der Waals surface area contributed by atoms with Crippen LogP contribution in [0.1, 0.15) is 17.3 Å². The minimum Gasteiger partial charge on any atom is -0.335 e. The maximum absolute atomic E-state index is 4.06. The van der Waals surface area contributed by atoms with E-state index in [1.54, 1.807) is 0 Å². The van der Waals surface area contributed by atoms with Gasteiger partial charge in [-0.25, -0.2) is 0 Å². The van der Waals surface area contributed by atoms with E-state index in [9.17, 15) is 0 Å². The Morgan fingerprint density at radius 2 is 1.82 bits per heavy atom. The lowest BCUT2D eigenvalue weighted by molar-refractivity contribution is 0.198. The molecule has 0 amide bonds. The second-order valence-corrected chi connectivity index (χ2v) is 6.02. The van der Waals surface area contributed by atoms with Gasteiger partial charge in [-0.05, 0) is 23.1 Å². The van der Waals surface area contributed by atoms with E-state index >= 15 is 0 Å². The number of hydrogen-bond donors (Lipinski definition) is 0. The van der Waals surface area contributed by atoms with Crippen LogP contribution in [0.4, 0.5) is 0 Å². The predicted octanol–water partition coefficient (Wildman–Crippen LogP) is 4.38. The number of fused-ring (bicyclic) bond motifs is 3. The van der Waals surface area contributed by atoms with Crippen LogP contribution in [0.2, 0.25) is 0 Å². The molecule has 22 heavy (non-hydrogen) atoms. The molecule has 0 aliphatic carbocycles. The van der Waals surface area contributed by atoms with Gasteiger partial charge in [-0.2, -0.15) is 0 Å². The molecule has 0 fully saturated rings. The molecule has 0 spiro atoms. The van der Waals surface area contributed by atoms with Gasteiger partial charge in [0.15, 0.2) is 0 Å². The van der Waals surface area contributed by atoms with Crippen molar-refractivity contribution >= 4 is 10.9 Å². The van der Waals surface area contributed by atoms with Gasteiger partial charge in [0, 0.05) is 30.8 Å². The van der Waals surface area contributed by atoms with Gasteiger partial charge in [-0.15, -0.1) is 6.58 Å². The van der Waals surface area contributed by atoms with Crippen molar-refractivity contribution in [1.29, 1.82) is 0 Å². The molecule has 0 bridgehead atoms. The summed E-state index contributed by atoms with van der Waals surface area (Å²) in [4.78, 5) is 2.51. The van der Waals surface area contributed by atoms with Crippen LogP contribution in [0.15, 0.2) is 73.3 Å². The number of benzene rings is 2. The number of rotatable bonds is 3. The number of hydrogen-bond acceptors (Lipinski definition) is 1. The second kappa shape index (κ2) is 5.47. The van der Waals surface area contributed by atoms with Crippen LogP contribution in [0, 0.1) is 0 Å². The Labute approximate surface area is 131 Å². The lowest BCUT2D eigenvalue weighted by Gasteiger charge is -2.34. The van der Waals surface area contributed by atoms with E-state index < -0.39 is 0 Å². The third kappa shape index (κ3) is 2.26. The smallest absolute Gasteiger partial charge is 0.0644 e. The summed E-state index contributed by atoms with van der Waals surface area (Å²) in [6, 6.07) is 22.0. The van der Waals surface area contributed by atoms with Crippen LogP contribution in [-0.2, 0) is 13.1 Å². The third-order valence-electron chi connectivity index (χ3n) is 4.51. The molecule has 1 aliphatic heterocycles. The SMILES string of the molecule is C=C[C@H]1CN(Cc2ccccc2)Cc2cc3ccccc3n21. The van der Waals surface area contributed by atoms with Gasteiger partial charge in [0.25, 0.3) is 0 Å². The van der Waals surface area contributed by atoms with Crippen molar-refractivity contribution in [3.8, 4) is 0 Å². The van der Waals surface area contributed by atoms with Crippen molar-refractivity contribution in [3.05, 3.63) is 84.6 Å². The maximum atomic E-state index is 4.06. The molecule has 3 aromatic rings. The summed E-state index contributed by atoms with van der Waals surface area (Å²) in [6.45, 7) is 7.07. The van der Waals surface area contributed by atoms with Gasteiger partial charge in [0.2, 0.25) is 0 Å². The maximum Gasteiger partial charge on any atom is 0.0644 e. The summed E-state index contributed by atoms with van der Waals surface area (Å²) in [7, 11) is 0. The molecule has 0 N–H and O–H groups in total. The van der Waals surface area contributed by atoms with Crippen LogP contribution in [0.5, 0.6) is 0 Å². The van der Waals surface area contributed by atoms with Crippen LogP contribution >= 0.6 is 0 Å². The third-order valence-corrected chi connectivity index (χ3v) is 4.51. The average Bonchev–Trinajstić information content (AvgIpc) is 2.93. The quantitative estimate of drug-likeness (QED) is 0.649. The van der Waals surface area contributed by atoms with Crippen molar-refractivity contribution in [1.82, 2.24) is 9.47 Å². The van der Waals surface area contributed by atoms with E-state index in [1.165, 1.54) is 22.2 Å². The molecule has 1 atom stereocenters. The molecule has 2 heteroatoms. The van der Waals surface area contributed by atoms with Gasteiger partial charge < -0.3 is 4.57 Å². The molecule has 0 saturated heterocycles. The van der Waals surface area contributed by atoms with Gasteiger partial charge in [-0.3, -0.25) is 4.90 Å². The van der Waals surface area contributed by atoms with E-state index in [2.05, 4.69) is 82.8 Å². The highest BCUT2D eigenvalue weighted by atomic mass is 15.2. The summed E-state index contributed by atoms with van der Waals surface area (Å²) < 4.78 is 2.45. The van der Waals surface area contributed by atoms with Crippen molar-refractivity contribution in [2.75, 3.05) is 6.54 Å². The van der Waals surface area contributed by atoms with E-state index in [0.717, 1.165) is 19.6 Å². The first-order valence-electron chi connectivity index (χ1n) is 7.83. The largest absolute Gasteiger partial charge is 0.335 e. The zero-order chi connectivity index (χ0) is 14.9. The van der Waals surface area contributed by atoms with Crippen LogP contribution in [-0.4, -0.2) is 16.0 Å². The summed E-state index contributed by atoms with van der Waals surface area (Å²) in [5, 5.41) is 1.32. The van der Waals surface area contributed by atoms with Crippen LogP contribution < -0.4 is 0 Å². The van der Waals surface area contributed by atoms with Crippen molar-refractivity contribution < 1.29 is 0 Å². The highest BCUT2D eigenvalue weighted by molar-refractivity contribution is 5.81. The fraction of sp³-hybridized carbons (Fsp3) is 0.200. The van der Waals surface area contributed by atoms with E-state index in [-0.39, 0.29) is 0 Å². The Hall–Kier alpha value is -2.32. The zero-order valence-electron chi connectivity index (χ0n) is 12.7. The minimum absolute atomic E-state index is 0.340. The number of nitrogens with zero attached hydrogens (tertiary/aromatic N) is 2.